The van der Waals surface area contributed by atoms with E-state index in [1.54, 1.807) is 18.2 Å². The molecule has 2 aromatic carbocycles. The van der Waals surface area contributed by atoms with Gasteiger partial charge in [0.1, 0.15) is 0 Å². The average Bonchev–Trinajstić information content (AvgIpc) is 2.42. The molecule has 0 saturated carbocycles. The molecule has 0 amide bonds. The van der Waals surface area contributed by atoms with Gasteiger partial charge in [0.05, 0.1) is 21.0 Å². The Hall–Kier alpha value is -1.78. The third-order valence-electron chi connectivity index (χ3n) is 2.91. The summed E-state index contributed by atoms with van der Waals surface area (Å²) in [5, 5.41) is 14.8. The predicted octanol–water partition coefficient (Wildman–Crippen LogP) is 5.07. The van der Waals surface area contributed by atoms with E-state index in [2.05, 4.69) is 5.32 Å². The normalized spacial score (nSPS) is 11.9. The van der Waals surface area contributed by atoms with Crippen molar-refractivity contribution in [3.8, 4) is 0 Å². The first-order valence-electron chi connectivity index (χ1n) is 5.94. The Kier molecular flexibility index (Phi) is 4.47. The van der Waals surface area contributed by atoms with E-state index < -0.39 is 4.92 Å². The van der Waals surface area contributed by atoms with E-state index in [1.807, 2.05) is 19.1 Å². The molecule has 0 spiro atoms. The Bertz CT molecular complexity index is 630. The first-order valence-corrected chi connectivity index (χ1v) is 6.69. The van der Waals surface area contributed by atoms with Crippen LogP contribution in [0, 0.1) is 10.1 Å². The van der Waals surface area contributed by atoms with Crippen molar-refractivity contribution in [3.63, 3.8) is 0 Å². The zero-order valence-corrected chi connectivity index (χ0v) is 12.2. The van der Waals surface area contributed by atoms with Gasteiger partial charge in [0.15, 0.2) is 0 Å². The highest BCUT2D eigenvalue weighted by atomic mass is 35.5. The highest BCUT2D eigenvalue weighted by Crippen LogP contribution is 2.31. The Morgan fingerprint density at radius 1 is 1.15 bits per heavy atom. The van der Waals surface area contributed by atoms with E-state index in [0.29, 0.717) is 10.0 Å². The summed E-state index contributed by atoms with van der Waals surface area (Å²) in [6, 6.07) is 11.6. The smallest absolute Gasteiger partial charge is 0.269 e. The number of halogens is 2. The first kappa shape index (κ1) is 14.6. The van der Waals surface area contributed by atoms with Crippen LogP contribution in [0.2, 0.25) is 10.0 Å². The number of hydrogen-bond donors (Lipinski definition) is 1. The monoisotopic (exact) mass is 310 g/mol. The molecular formula is C14H12Cl2N2O2. The summed E-state index contributed by atoms with van der Waals surface area (Å²) in [4.78, 5) is 10.2. The molecule has 1 unspecified atom stereocenters. The van der Waals surface area contributed by atoms with E-state index in [9.17, 15) is 10.1 Å². The fraction of sp³-hybridized carbons (Fsp3) is 0.143. The number of nitro groups is 1. The molecule has 0 aliphatic rings. The zero-order valence-electron chi connectivity index (χ0n) is 10.6. The molecule has 20 heavy (non-hydrogen) atoms. The summed E-state index contributed by atoms with van der Waals surface area (Å²) < 4.78 is 0. The lowest BCUT2D eigenvalue weighted by molar-refractivity contribution is -0.384. The molecule has 0 aromatic heterocycles. The Labute approximate surface area is 126 Å². The number of non-ortho nitro benzene ring substituents is 1. The fourth-order valence-electron chi connectivity index (χ4n) is 1.86. The van der Waals surface area contributed by atoms with Crippen molar-refractivity contribution < 1.29 is 4.92 Å². The topological polar surface area (TPSA) is 55.2 Å². The molecule has 0 aliphatic heterocycles. The number of nitrogens with zero attached hydrogens (tertiary/aromatic N) is 1. The number of nitrogens with one attached hydrogen (secondary N) is 1. The fourth-order valence-corrected chi connectivity index (χ4v) is 2.33. The molecule has 1 atom stereocenters. The Morgan fingerprint density at radius 3 is 2.40 bits per heavy atom. The van der Waals surface area contributed by atoms with Gasteiger partial charge in [-0.05, 0) is 30.7 Å². The number of hydrogen-bond acceptors (Lipinski definition) is 3. The van der Waals surface area contributed by atoms with Crippen molar-refractivity contribution in [1.29, 1.82) is 0 Å². The summed E-state index contributed by atoms with van der Waals surface area (Å²) in [6.07, 6.45) is 0. The van der Waals surface area contributed by atoms with Gasteiger partial charge in [0, 0.05) is 17.8 Å². The van der Waals surface area contributed by atoms with Crippen molar-refractivity contribution in [3.05, 3.63) is 68.2 Å². The minimum Gasteiger partial charge on any atom is -0.378 e. The van der Waals surface area contributed by atoms with E-state index >= 15 is 0 Å². The molecule has 0 bridgehead atoms. The van der Waals surface area contributed by atoms with E-state index in [0.717, 1.165) is 11.3 Å². The number of anilines is 1. The van der Waals surface area contributed by atoms with Crippen LogP contribution in [0.15, 0.2) is 42.5 Å². The van der Waals surface area contributed by atoms with E-state index in [1.165, 1.54) is 12.1 Å². The van der Waals surface area contributed by atoms with Crippen LogP contribution >= 0.6 is 23.2 Å². The molecule has 4 nitrogen and oxygen atoms in total. The molecule has 2 aromatic rings. The summed E-state index contributed by atoms with van der Waals surface area (Å²) in [6.45, 7) is 1.94. The first-order chi connectivity index (χ1) is 9.49. The maximum Gasteiger partial charge on any atom is 0.269 e. The summed E-state index contributed by atoms with van der Waals surface area (Å²) in [7, 11) is 0. The lowest BCUT2D eigenvalue weighted by Crippen LogP contribution is -2.07. The molecule has 0 aliphatic carbocycles. The zero-order chi connectivity index (χ0) is 14.7. The number of rotatable bonds is 4. The number of nitro benzene ring substituents is 1. The molecule has 104 valence electrons. The van der Waals surface area contributed by atoms with E-state index in [-0.39, 0.29) is 11.7 Å². The predicted molar refractivity (Wildman–Crippen MR) is 81.6 cm³/mol. The largest absolute Gasteiger partial charge is 0.378 e. The summed E-state index contributed by atoms with van der Waals surface area (Å²) in [5.74, 6) is 0. The SMILES string of the molecule is CC(Nc1ccc([N+](=O)[O-])cc1)c1cccc(Cl)c1Cl. The average molecular weight is 311 g/mol. The van der Waals surface area contributed by atoms with Crippen LogP contribution in [0.3, 0.4) is 0 Å². The van der Waals surface area contributed by atoms with Crippen LogP contribution in [0.25, 0.3) is 0 Å². The lowest BCUT2D eigenvalue weighted by Gasteiger charge is -2.17. The van der Waals surface area contributed by atoms with Crippen LogP contribution in [0.5, 0.6) is 0 Å². The van der Waals surface area contributed by atoms with Crippen molar-refractivity contribution in [1.82, 2.24) is 0 Å². The second kappa shape index (κ2) is 6.11. The van der Waals surface area contributed by atoms with Gasteiger partial charge in [-0.3, -0.25) is 10.1 Å². The van der Waals surface area contributed by atoms with Crippen LogP contribution in [-0.4, -0.2) is 4.92 Å². The second-order valence-electron chi connectivity index (χ2n) is 4.31. The van der Waals surface area contributed by atoms with Gasteiger partial charge < -0.3 is 5.32 Å². The maximum absolute atomic E-state index is 10.6. The van der Waals surface area contributed by atoms with E-state index in [4.69, 9.17) is 23.2 Å². The Morgan fingerprint density at radius 2 is 1.80 bits per heavy atom. The van der Waals surface area contributed by atoms with Crippen molar-refractivity contribution >= 4 is 34.6 Å². The highest BCUT2D eigenvalue weighted by molar-refractivity contribution is 6.42. The van der Waals surface area contributed by atoms with Crippen LogP contribution in [-0.2, 0) is 0 Å². The van der Waals surface area contributed by atoms with Gasteiger partial charge in [-0.2, -0.15) is 0 Å². The van der Waals surface area contributed by atoms with Crippen LogP contribution in [0.1, 0.15) is 18.5 Å². The van der Waals surface area contributed by atoms with Crippen molar-refractivity contribution in [2.24, 2.45) is 0 Å². The molecule has 1 N–H and O–H groups in total. The third-order valence-corrected chi connectivity index (χ3v) is 3.74. The molecule has 6 heteroatoms. The third kappa shape index (κ3) is 3.21. The summed E-state index contributed by atoms with van der Waals surface area (Å²) in [5.41, 5.74) is 1.71. The van der Waals surface area contributed by atoms with Crippen molar-refractivity contribution in [2.45, 2.75) is 13.0 Å². The summed E-state index contributed by atoms with van der Waals surface area (Å²) >= 11 is 12.1. The molecule has 0 fully saturated rings. The second-order valence-corrected chi connectivity index (χ2v) is 5.10. The van der Waals surface area contributed by atoms with Gasteiger partial charge in [-0.25, -0.2) is 0 Å². The van der Waals surface area contributed by atoms with Crippen molar-refractivity contribution in [2.75, 3.05) is 5.32 Å². The molecular weight excluding hydrogens is 299 g/mol. The van der Waals surface area contributed by atoms with Gasteiger partial charge in [0.25, 0.3) is 5.69 Å². The highest BCUT2D eigenvalue weighted by Gasteiger charge is 2.12. The quantitative estimate of drug-likeness (QED) is 0.633. The standard InChI is InChI=1S/C14H12Cl2N2O2/c1-9(12-3-2-4-13(15)14(12)16)17-10-5-7-11(8-6-10)18(19)20/h2-9,17H,1H3. The van der Waals surface area contributed by atoms with Gasteiger partial charge in [-0.15, -0.1) is 0 Å². The van der Waals surface area contributed by atoms with Gasteiger partial charge in [0.2, 0.25) is 0 Å². The minimum absolute atomic E-state index is 0.0593. The minimum atomic E-state index is -0.430. The van der Waals surface area contributed by atoms with Crippen LogP contribution < -0.4 is 5.32 Å². The number of benzene rings is 2. The Balaban J connectivity index is 2.17. The molecule has 0 saturated heterocycles. The molecule has 2 rings (SSSR count). The van der Waals surface area contributed by atoms with Crippen LogP contribution in [0.4, 0.5) is 11.4 Å². The molecule has 0 heterocycles. The van der Waals surface area contributed by atoms with Gasteiger partial charge >= 0.3 is 0 Å². The molecule has 0 radical (unpaired) electrons. The maximum atomic E-state index is 10.6. The lowest BCUT2D eigenvalue weighted by atomic mass is 10.1. The van der Waals surface area contributed by atoms with Gasteiger partial charge in [-0.1, -0.05) is 35.3 Å².